The number of ether oxygens (including phenoxy) is 2. The summed E-state index contributed by atoms with van der Waals surface area (Å²) in [5.74, 6) is -1.16. The van der Waals surface area contributed by atoms with Crippen LogP contribution in [0.15, 0.2) is 35.7 Å². The van der Waals surface area contributed by atoms with E-state index in [-0.39, 0.29) is 17.3 Å². The van der Waals surface area contributed by atoms with Gasteiger partial charge in [0.05, 0.1) is 12.7 Å². The molecule has 8 nitrogen and oxygen atoms in total. The highest BCUT2D eigenvalue weighted by atomic mass is 16.5. The van der Waals surface area contributed by atoms with Crippen LogP contribution in [0.3, 0.4) is 0 Å². The number of rotatable bonds is 1. The van der Waals surface area contributed by atoms with Crippen molar-refractivity contribution in [3.05, 3.63) is 52.5 Å². The van der Waals surface area contributed by atoms with Crippen LogP contribution in [0.4, 0.5) is 5.69 Å². The number of methoxy groups -OCH3 is 1. The van der Waals surface area contributed by atoms with Crippen LogP contribution in [-0.2, 0) is 19.7 Å². The maximum atomic E-state index is 13.1. The Morgan fingerprint density at radius 1 is 1.38 bits per heavy atom. The number of para-hydroxylation sites is 1. The molecule has 0 radical (unpaired) electrons. The molecule has 0 bridgehead atoms. The molecule has 0 aliphatic carbocycles. The Hall–Kier alpha value is -3.29. The Bertz CT molecular complexity index is 930. The van der Waals surface area contributed by atoms with E-state index in [4.69, 9.17) is 15.2 Å². The third-order valence-corrected chi connectivity index (χ3v) is 4.43. The summed E-state index contributed by atoms with van der Waals surface area (Å²) in [5.41, 5.74) is 6.73. The number of carbonyl (C=O) groups is 2. The zero-order valence-electron chi connectivity index (χ0n) is 13.0. The highest BCUT2D eigenvalue weighted by molar-refractivity contribution is 6.17. The van der Waals surface area contributed by atoms with Gasteiger partial charge in [0.15, 0.2) is 0 Å². The molecule has 1 aromatic carbocycles. The molecule has 1 aromatic heterocycles. The number of fused-ring (bicyclic) bond motifs is 4. The molecule has 0 fully saturated rings. The van der Waals surface area contributed by atoms with Crippen molar-refractivity contribution in [2.24, 2.45) is 5.73 Å². The number of hydrogen-bond acceptors (Lipinski definition) is 6. The molecular weight excluding hydrogens is 312 g/mol. The first kappa shape index (κ1) is 14.3. The fourth-order valence-electron chi connectivity index (χ4n) is 3.50. The number of nitrogens with one attached hydrogen (secondary N) is 2. The van der Waals surface area contributed by atoms with E-state index in [1.165, 1.54) is 7.11 Å². The van der Waals surface area contributed by atoms with E-state index in [9.17, 15) is 9.59 Å². The lowest BCUT2D eigenvalue weighted by atomic mass is 9.68. The summed E-state index contributed by atoms with van der Waals surface area (Å²) in [6.45, 7) is 1.75. The molecule has 24 heavy (non-hydrogen) atoms. The Labute approximate surface area is 136 Å². The number of nitrogens with two attached hydrogens (primary N) is 1. The molecule has 0 unspecified atom stereocenters. The normalized spacial score (nSPS) is 21.2. The Morgan fingerprint density at radius 2 is 2.12 bits per heavy atom. The van der Waals surface area contributed by atoms with Crippen molar-refractivity contribution in [1.82, 2.24) is 10.2 Å². The maximum absolute atomic E-state index is 13.1. The molecule has 2 aliphatic heterocycles. The number of carbonyl (C=O) groups excluding carboxylic acids is 2. The number of esters is 1. The minimum absolute atomic E-state index is 0.0514. The van der Waals surface area contributed by atoms with Gasteiger partial charge in [-0.3, -0.25) is 9.89 Å². The average molecular weight is 326 g/mol. The number of benzene rings is 1. The van der Waals surface area contributed by atoms with Gasteiger partial charge in [0, 0.05) is 16.9 Å². The van der Waals surface area contributed by atoms with Crippen LogP contribution in [0.2, 0.25) is 0 Å². The first-order valence-corrected chi connectivity index (χ1v) is 7.24. The lowest BCUT2D eigenvalue weighted by Crippen LogP contribution is -2.45. The zero-order chi connectivity index (χ0) is 17.1. The lowest BCUT2D eigenvalue weighted by Gasteiger charge is -2.33. The summed E-state index contributed by atoms with van der Waals surface area (Å²) in [4.78, 5) is 25.6. The van der Waals surface area contributed by atoms with Crippen molar-refractivity contribution in [3.63, 3.8) is 0 Å². The Morgan fingerprint density at radius 3 is 2.88 bits per heavy atom. The van der Waals surface area contributed by atoms with E-state index < -0.39 is 17.3 Å². The molecule has 1 atom stereocenters. The number of aromatic nitrogens is 2. The van der Waals surface area contributed by atoms with Crippen molar-refractivity contribution >= 4 is 17.6 Å². The average Bonchev–Trinajstić information content (AvgIpc) is 3.06. The molecule has 3 heterocycles. The smallest absolute Gasteiger partial charge is 0.340 e. The summed E-state index contributed by atoms with van der Waals surface area (Å²) < 4.78 is 10.3. The van der Waals surface area contributed by atoms with Crippen molar-refractivity contribution < 1.29 is 19.1 Å². The van der Waals surface area contributed by atoms with Gasteiger partial charge in [0.25, 0.3) is 0 Å². The minimum Gasteiger partial charge on any atom is -0.465 e. The summed E-state index contributed by atoms with van der Waals surface area (Å²) >= 11 is 0. The largest absolute Gasteiger partial charge is 0.465 e. The van der Waals surface area contributed by atoms with E-state index in [2.05, 4.69) is 15.5 Å². The fraction of sp³-hybridized carbons (Fsp3) is 0.188. The number of anilines is 1. The highest BCUT2D eigenvalue weighted by Crippen LogP contribution is 2.53. The van der Waals surface area contributed by atoms with Gasteiger partial charge >= 0.3 is 5.97 Å². The van der Waals surface area contributed by atoms with Gasteiger partial charge < -0.3 is 20.5 Å². The van der Waals surface area contributed by atoms with Gasteiger partial charge in [-0.05, 0) is 13.0 Å². The van der Waals surface area contributed by atoms with Gasteiger partial charge in [-0.15, -0.1) is 5.10 Å². The van der Waals surface area contributed by atoms with Gasteiger partial charge in [0.2, 0.25) is 17.7 Å². The zero-order valence-corrected chi connectivity index (χ0v) is 13.0. The number of hydrogen-bond donors (Lipinski definition) is 3. The van der Waals surface area contributed by atoms with Crippen LogP contribution in [-0.4, -0.2) is 29.2 Å². The van der Waals surface area contributed by atoms with Crippen LogP contribution in [0.5, 0.6) is 5.88 Å². The van der Waals surface area contributed by atoms with Crippen molar-refractivity contribution in [2.45, 2.75) is 12.3 Å². The van der Waals surface area contributed by atoms with Crippen LogP contribution in [0.25, 0.3) is 0 Å². The number of amides is 1. The molecule has 4 rings (SSSR count). The molecule has 2 aliphatic rings. The number of nitrogens with zero attached hydrogens (tertiary/aromatic N) is 1. The van der Waals surface area contributed by atoms with Crippen LogP contribution >= 0.6 is 0 Å². The standard InChI is InChI=1S/C16H14N4O4/c1-7-10-13(20-19-7)24-12(17)11(14(21)23-2)16(10)8-5-3-4-6-9(8)18-15(16)22/h3-6H,17H2,1-2H3,(H,18,22)(H,19,20)/t16-/m1/s1. The second kappa shape index (κ2) is 4.60. The number of H-pyrrole nitrogens is 1. The third kappa shape index (κ3) is 1.49. The molecule has 0 saturated carbocycles. The summed E-state index contributed by atoms with van der Waals surface area (Å²) in [6, 6.07) is 7.12. The second-order valence-corrected chi connectivity index (χ2v) is 5.61. The number of aromatic amines is 1. The van der Waals surface area contributed by atoms with Crippen molar-refractivity contribution in [3.8, 4) is 5.88 Å². The van der Waals surface area contributed by atoms with E-state index in [1.54, 1.807) is 31.2 Å². The van der Waals surface area contributed by atoms with E-state index in [1.807, 2.05) is 0 Å². The van der Waals surface area contributed by atoms with Crippen molar-refractivity contribution in [2.75, 3.05) is 12.4 Å². The first-order chi connectivity index (χ1) is 11.5. The van der Waals surface area contributed by atoms with E-state index in [0.717, 1.165) is 0 Å². The predicted molar refractivity (Wildman–Crippen MR) is 83.0 cm³/mol. The molecule has 1 amide bonds. The molecule has 2 aromatic rings. The molecule has 8 heteroatoms. The van der Waals surface area contributed by atoms with Crippen LogP contribution in [0.1, 0.15) is 16.8 Å². The summed E-state index contributed by atoms with van der Waals surface area (Å²) in [6.07, 6.45) is 0. The number of aryl methyl sites for hydroxylation is 1. The topological polar surface area (TPSA) is 119 Å². The SMILES string of the molecule is COC(=O)C1=C(N)Oc2n[nH]c(C)c2[C@@]12C(=O)Nc1ccccc12. The Balaban J connectivity index is 2.16. The quantitative estimate of drug-likeness (QED) is 0.663. The lowest BCUT2D eigenvalue weighted by molar-refractivity contribution is -0.138. The highest BCUT2D eigenvalue weighted by Gasteiger charge is 2.60. The predicted octanol–water partition coefficient (Wildman–Crippen LogP) is 0.692. The van der Waals surface area contributed by atoms with Gasteiger partial charge in [-0.25, -0.2) is 4.79 Å². The van der Waals surface area contributed by atoms with Gasteiger partial charge in [-0.1, -0.05) is 18.2 Å². The van der Waals surface area contributed by atoms with Crippen molar-refractivity contribution in [1.29, 1.82) is 0 Å². The first-order valence-electron chi connectivity index (χ1n) is 7.24. The van der Waals surface area contributed by atoms with E-state index >= 15 is 0 Å². The minimum atomic E-state index is -1.46. The third-order valence-electron chi connectivity index (χ3n) is 4.43. The van der Waals surface area contributed by atoms with Crippen LogP contribution in [0, 0.1) is 6.92 Å². The molecule has 1 spiro atoms. The maximum Gasteiger partial charge on any atom is 0.340 e. The molecular formula is C16H14N4O4. The molecule has 0 saturated heterocycles. The molecule has 4 N–H and O–H groups in total. The van der Waals surface area contributed by atoms with Crippen LogP contribution < -0.4 is 15.8 Å². The summed E-state index contributed by atoms with van der Waals surface area (Å²) in [5, 5.41) is 9.66. The monoisotopic (exact) mass is 326 g/mol. The van der Waals surface area contributed by atoms with E-state index in [0.29, 0.717) is 22.5 Å². The summed E-state index contributed by atoms with van der Waals surface area (Å²) in [7, 11) is 1.23. The molecule has 122 valence electrons. The fourth-order valence-corrected chi connectivity index (χ4v) is 3.50. The Kier molecular flexibility index (Phi) is 2.75. The second-order valence-electron chi connectivity index (χ2n) is 5.61. The van der Waals surface area contributed by atoms with Gasteiger partial charge in [0.1, 0.15) is 11.0 Å². The van der Waals surface area contributed by atoms with Gasteiger partial charge in [-0.2, -0.15) is 0 Å².